The summed E-state index contributed by atoms with van der Waals surface area (Å²) >= 11 is 1.40. The van der Waals surface area contributed by atoms with Gasteiger partial charge in [0.15, 0.2) is 5.13 Å². The highest BCUT2D eigenvalue weighted by Crippen LogP contribution is 2.28. The van der Waals surface area contributed by atoms with Gasteiger partial charge < -0.3 is 4.74 Å². The van der Waals surface area contributed by atoms with Gasteiger partial charge in [0.2, 0.25) is 0 Å². The lowest BCUT2D eigenvalue weighted by Crippen LogP contribution is -2.12. The van der Waals surface area contributed by atoms with Gasteiger partial charge in [0, 0.05) is 10.9 Å². The second-order valence-corrected chi connectivity index (χ2v) is 7.31. The van der Waals surface area contributed by atoms with E-state index in [-0.39, 0.29) is 5.91 Å². The molecule has 1 N–H and O–H groups in total. The molecule has 4 nitrogen and oxygen atoms in total. The van der Waals surface area contributed by atoms with E-state index < -0.39 is 0 Å². The number of hydrogen-bond donors (Lipinski definition) is 1. The third kappa shape index (κ3) is 4.52. The summed E-state index contributed by atoms with van der Waals surface area (Å²) in [5.41, 5.74) is 3.63. The molecule has 0 fully saturated rings. The first-order valence-corrected chi connectivity index (χ1v) is 10.3. The number of carbonyl (C=O) groups excluding carboxylic acids is 1. The fraction of sp³-hybridized carbons (Fsp3) is 0.0833. The molecule has 1 aromatic heterocycles. The van der Waals surface area contributed by atoms with Crippen molar-refractivity contribution in [1.82, 2.24) is 4.98 Å². The molecule has 0 aliphatic heterocycles. The first-order valence-electron chi connectivity index (χ1n) is 9.41. The van der Waals surface area contributed by atoms with Crippen LogP contribution >= 0.6 is 11.3 Å². The summed E-state index contributed by atoms with van der Waals surface area (Å²) in [4.78, 5) is 17.4. The van der Waals surface area contributed by atoms with E-state index in [0.717, 1.165) is 17.7 Å². The number of aromatic nitrogens is 1. The van der Waals surface area contributed by atoms with Crippen LogP contribution in [0.5, 0.6) is 11.5 Å². The smallest absolute Gasteiger partial charge is 0.261 e. The summed E-state index contributed by atoms with van der Waals surface area (Å²) in [5, 5.41) is 5.39. The number of rotatable bonds is 6. The Morgan fingerprint density at radius 3 is 2.45 bits per heavy atom. The lowest BCUT2D eigenvalue weighted by atomic mass is 10.1. The van der Waals surface area contributed by atoms with E-state index in [1.807, 2.05) is 47.8 Å². The molecule has 0 aliphatic rings. The van der Waals surface area contributed by atoms with Crippen LogP contribution in [0.3, 0.4) is 0 Å². The van der Waals surface area contributed by atoms with Crippen molar-refractivity contribution in [3.05, 3.63) is 95.4 Å². The van der Waals surface area contributed by atoms with Gasteiger partial charge in [-0.2, -0.15) is 0 Å². The Hall–Kier alpha value is -3.44. The standard InChI is InChI=1S/C24H20N2O2S/c1-2-17-12-14-18(15-13-17)21-16-29-24(25-21)26-23(27)20-10-6-7-11-22(20)28-19-8-4-3-5-9-19/h3-16H,2H2,1H3,(H,25,26,27). The highest BCUT2D eigenvalue weighted by atomic mass is 32.1. The predicted octanol–water partition coefficient (Wildman–Crippen LogP) is 6.42. The van der Waals surface area contributed by atoms with Crippen LogP contribution in [0.4, 0.5) is 5.13 Å². The van der Waals surface area contributed by atoms with Crippen molar-refractivity contribution in [3.63, 3.8) is 0 Å². The Bertz CT molecular complexity index is 1110. The van der Waals surface area contributed by atoms with E-state index in [1.54, 1.807) is 12.1 Å². The molecule has 0 atom stereocenters. The van der Waals surface area contributed by atoms with E-state index in [1.165, 1.54) is 16.9 Å². The molecule has 5 heteroatoms. The van der Waals surface area contributed by atoms with Gasteiger partial charge in [-0.3, -0.25) is 10.1 Å². The van der Waals surface area contributed by atoms with Crippen molar-refractivity contribution in [2.45, 2.75) is 13.3 Å². The second kappa shape index (κ2) is 8.71. The zero-order valence-corrected chi connectivity index (χ0v) is 16.8. The summed E-state index contributed by atoms with van der Waals surface area (Å²) < 4.78 is 5.89. The summed E-state index contributed by atoms with van der Waals surface area (Å²) in [7, 11) is 0. The largest absolute Gasteiger partial charge is 0.457 e. The van der Waals surface area contributed by atoms with Crippen molar-refractivity contribution in [1.29, 1.82) is 0 Å². The van der Waals surface area contributed by atoms with Crippen LogP contribution in [0.2, 0.25) is 0 Å². The molecule has 0 aliphatic carbocycles. The molecule has 0 saturated heterocycles. The number of hydrogen-bond acceptors (Lipinski definition) is 4. The summed E-state index contributed by atoms with van der Waals surface area (Å²) in [5.74, 6) is 0.932. The number of nitrogens with one attached hydrogen (secondary N) is 1. The molecule has 0 radical (unpaired) electrons. The van der Waals surface area contributed by atoms with Crippen LogP contribution in [-0.4, -0.2) is 10.9 Å². The zero-order valence-electron chi connectivity index (χ0n) is 16.0. The summed E-state index contributed by atoms with van der Waals surface area (Å²) in [6, 6.07) is 24.9. The van der Waals surface area contributed by atoms with Gasteiger partial charge in [-0.1, -0.05) is 61.5 Å². The van der Waals surface area contributed by atoms with E-state index >= 15 is 0 Å². The van der Waals surface area contributed by atoms with Gasteiger partial charge in [0.25, 0.3) is 5.91 Å². The van der Waals surface area contributed by atoms with Gasteiger partial charge in [0.05, 0.1) is 11.3 Å². The fourth-order valence-corrected chi connectivity index (χ4v) is 3.61. The average Bonchev–Trinajstić information content (AvgIpc) is 3.23. The molecule has 4 aromatic rings. The number of nitrogens with zero attached hydrogens (tertiary/aromatic N) is 1. The van der Waals surface area contributed by atoms with Crippen molar-refractivity contribution in [3.8, 4) is 22.8 Å². The van der Waals surface area contributed by atoms with E-state index in [2.05, 4.69) is 41.5 Å². The first-order chi connectivity index (χ1) is 14.2. The molecular weight excluding hydrogens is 380 g/mol. The van der Waals surface area contributed by atoms with Crippen molar-refractivity contribution in [2.24, 2.45) is 0 Å². The highest BCUT2D eigenvalue weighted by molar-refractivity contribution is 7.14. The van der Waals surface area contributed by atoms with Crippen LogP contribution in [0.1, 0.15) is 22.8 Å². The molecule has 0 bridgehead atoms. The number of carbonyl (C=O) groups is 1. The molecule has 1 amide bonds. The lowest BCUT2D eigenvalue weighted by Gasteiger charge is -2.10. The fourth-order valence-electron chi connectivity index (χ4n) is 2.90. The van der Waals surface area contributed by atoms with Crippen LogP contribution in [-0.2, 0) is 6.42 Å². The van der Waals surface area contributed by atoms with Gasteiger partial charge in [-0.05, 0) is 36.2 Å². The minimum absolute atomic E-state index is 0.251. The minimum Gasteiger partial charge on any atom is -0.457 e. The van der Waals surface area contributed by atoms with Crippen molar-refractivity contribution < 1.29 is 9.53 Å². The van der Waals surface area contributed by atoms with Crippen LogP contribution in [0, 0.1) is 0 Å². The van der Waals surface area contributed by atoms with Gasteiger partial charge in [0.1, 0.15) is 11.5 Å². The molecule has 0 spiro atoms. The Morgan fingerprint density at radius 1 is 0.966 bits per heavy atom. The third-order valence-electron chi connectivity index (χ3n) is 4.49. The lowest BCUT2D eigenvalue weighted by molar-refractivity contribution is 0.102. The number of benzene rings is 3. The van der Waals surface area contributed by atoms with E-state index in [0.29, 0.717) is 22.2 Å². The molecule has 29 heavy (non-hydrogen) atoms. The van der Waals surface area contributed by atoms with Gasteiger partial charge in [-0.25, -0.2) is 4.98 Å². The third-order valence-corrected chi connectivity index (χ3v) is 5.24. The number of amides is 1. The number of anilines is 1. The van der Waals surface area contributed by atoms with Crippen molar-refractivity contribution >= 4 is 22.4 Å². The van der Waals surface area contributed by atoms with E-state index in [9.17, 15) is 4.79 Å². The topological polar surface area (TPSA) is 51.2 Å². The van der Waals surface area contributed by atoms with Crippen LogP contribution in [0.15, 0.2) is 84.2 Å². The maximum atomic E-state index is 12.8. The van der Waals surface area contributed by atoms with Crippen molar-refractivity contribution in [2.75, 3.05) is 5.32 Å². The Kier molecular flexibility index (Phi) is 5.68. The minimum atomic E-state index is -0.251. The molecule has 0 unspecified atom stereocenters. The SMILES string of the molecule is CCc1ccc(-c2csc(NC(=O)c3ccccc3Oc3ccccc3)n2)cc1. The van der Waals surface area contributed by atoms with Crippen LogP contribution in [0.25, 0.3) is 11.3 Å². The summed E-state index contributed by atoms with van der Waals surface area (Å²) in [6.45, 7) is 2.13. The zero-order chi connectivity index (χ0) is 20.1. The quantitative estimate of drug-likeness (QED) is 0.406. The van der Waals surface area contributed by atoms with Crippen LogP contribution < -0.4 is 10.1 Å². The normalized spacial score (nSPS) is 10.5. The number of thiazole rings is 1. The maximum Gasteiger partial charge on any atom is 0.261 e. The molecule has 0 saturated carbocycles. The monoisotopic (exact) mass is 400 g/mol. The van der Waals surface area contributed by atoms with E-state index in [4.69, 9.17) is 4.74 Å². The van der Waals surface area contributed by atoms with Gasteiger partial charge in [-0.15, -0.1) is 11.3 Å². The maximum absolute atomic E-state index is 12.8. The van der Waals surface area contributed by atoms with Gasteiger partial charge >= 0.3 is 0 Å². The predicted molar refractivity (Wildman–Crippen MR) is 118 cm³/mol. The Morgan fingerprint density at radius 2 is 1.69 bits per heavy atom. The number of aryl methyl sites for hydroxylation is 1. The number of ether oxygens (including phenoxy) is 1. The average molecular weight is 401 g/mol. The first kappa shape index (κ1) is 18.9. The molecule has 1 heterocycles. The molecule has 3 aromatic carbocycles. The number of para-hydroxylation sites is 2. The highest BCUT2D eigenvalue weighted by Gasteiger charge is 2.15. The molecule has 144 valence electrons. The molecular formula is C24H20N2O2S. The summed E-state index contributed by atoms with van der Waals surface area (Å²) in [6.07, 6.45) is 1.00. The Balaban J connectivity index is 1.51. The molecule has 4 rings (SSSR count). The second-order valence-electron chi connectivity index (χ2n) is 6.45. The Labute approximate surface area is 173 Å².